The van der Waals surface area contributed by atoms with Crippen LogP contribution in [0.2, 0.25) is 0 Å². The fraction of sp³-hybridized carbons (Fsp3) is 1.00. The van der Waals surface area contributed by atoms with Crippen molar-refractivity contribution in [1.29, 1.82) is 0 Å². The van der Waals surface area contributed by atoms with Crippen molar-refractivity contribution >= 4 is 0 Å². The van der Waals surface area contributed by atoms with Crippen molar-refractivity contribution in [2.75, 3.05) is 13.7 Å². The van der Waals surface area contributed by atoms with Gasteiger partial charge in [-0.1, -0.05) is 0 Å². The van der Waals surface area contributed by atoms with Crippen LogP contribution in [-0.4, -0.2) is 50.0 Å². The number of ether oxygens (including phenoxy) is 5. The van der Waals surface area contributed by atoms with E-state index in [0.717, 1.165) is 0 Å². The molecule has 5 nitrogen and oxygen atoms in total. The van der Waals surface area contributed by atoms with Crippen LogP contribution in [0.1, 0.15) is 34.1 Å². The third-order valence-electron chi connectivity index (χ3n) is 3.39. The topological polar surface area (TPSA) is 46.2 Å². The molecule has 2 aliphatic heterocycles. The summed E-state index contributed by atoms with van der Waals surface area (Å²) >= 11 is 0. The van der Waals surface area contributed by atoms with E-state index in [1.807, 2.05) is 0 Å². The highest BCUT2D eigenvalue weighted by atomic mass is 19.1. The van der Waals surface area contributed by atoms with Gasteiger partial charge in [-0.3, -0.25) is 0 Å². The molecule has 0 aromatic carbocycles. The molecule has 0 aromatic rings. The fourth-order valence-electron chi connectivity index (χ4n) is 2.27. The first kappa shape index (κ1) is 15.1. The molecule has 0 bridgehead atoms. The van der Waals surface area contributed by atoms with Gasteiger partial charge in [0, 0.05) is 13.5 Å². The first-order chi connectivity index (χ1) is 8.72. The number of hydrogen-bond acceptors (Lipinski definition) is 5. The molecule has 2 aliphatic rings. The molecule has 0 N–H and O–H groups in total. The minimum absolute atomic E-state index is 0.178. The predicted molar refractivity (Wildman–Crippen MR) is 65.3 cm³/mol. The van der Waals surface area contributed by atoms with E-state index in [1.54, 1.807) is 27.7 Å². The number of alkyl halides is 1. The van der Waals surface area contributed by atoms with E-state index in [9.17, 15) is 4.39 Å². The molecule has 1 unspecified atom stereocenters. The summed E-state index contributed by atoms with van der Waals surface area (Å²) < 4.78 is 41.4. The lowest BCUT2D eigenvalue weighted by Gasteiger charge is -2.27. The lowest BCUT2D eigenvalue weighted by Crippen LogP contribution is -2.37. The van der Waals surface area contributed by atoms with E-state index < -0.39 is 36.2 Å². The standard InChI is InChI=1S/C13H23FO5/c1-12(2,15-5)19-10-6-8(14)11(17-10)9-7-16-13(3,4)18-9/h8-11H,6-7H2,1-5H3/t8-,9+,10-,11?/m1/s1. The lowest BCUT2D eigenvalue weighted by atomic mass is 10.1. The van der Waals surface area contributed by atoms with E-state index in [0.29, 0.717) is 6.61 Å². The number of halogens is 1. The van der Waals surface area contributed by atoms with Crippen LogP contribution >= 0.6 is 0 Å². The van der Waals surface area contributed by atoms with Gasteiger partial charge in [-0.2, -0.15) is 0 Å². The molecule has 0 spiro atoms. The summed E-state index contributed by atoms with van der Waals surface area (Å²) in [4.78, 5) is 0. The second-order valence-electron chi connectivity index (χ2n) is 5.87. The molecule has 19 heavy (non-hydrogen) atoms. The molecule has 6 heteroatoms. The molecule has 2 rings (SSSR count). The van der Waals surface area contributed by atoms with Crippen molar-refractivity contribution in [2.45, 2.75) is 70.4 Å². The Balaban J connectivity index is 1.91. The predicted octanol–water partition coefficient (Wildman–Crippen LogP) is 1.99. The minimum atomic E-state index is -1.12. The van der Waals surface area contributed by atoms with Crippen molar-refractivity contribution < 1.29 is 28.1 Å². The Morgan fingerprint density at radius 2 is 2.00 bits per heavy atom. The van der Waals surface area contributed by atoms with Gasteiger partial charge in [0.05, 0.1) is 6.61 Å². The van der Waals surface area contributed by atoms with E-state index in [4.69, 9.17) is 23.7 Å². The number of hydrogen-bond donors (Lipinski definition) is 0. The zero-order chi connectivity index (χ0) is 14.3. The zero-order valence-electron chi connectivity index (χ0n) is 12.1. The normalized spacial score (nSPS) is 38.8. The third-order valence-corrected chi connectivity index (χ3v) is 3.39. The van der Waals surface area contributed by atoms with Gasteiger partial charge < -0.3 is 23.7 Å². The van der Waals surface area contributed by atoms with Crippen molar-refractivity contribution in [2.24, 2.45) is 0 Å². The van der Waals surface area contributed by atoms with Crippen molar-refractivity contribution in [3.63, 3.8) is 0 Å². The van der Waals surface area contributed by atoms with Crippen molar-refractivity contribution in [3.8, 4) is 0 Å². The number of methoxy groups -OCH3 is 1. The highest BCUT2D eigenvalue weighted by Gasteiger charge is 2.47. The van der Waals surface area contributed by atoms with Gasteiger partial charge in [0.25, 0.3) is 0 Å². The molecule has 0 saturated carbocycles. The van der Waals surface area contributed by atoms with E-state index >= 15 is 0 Å². The van der Waals surface area contributed by atoms with Gasteiger partial charge in [-0.15, -0.1) is 0 Å². The number of rotatable bonds is 4. The maximum atomic E-state index is 14.0. The van der Waals surface area contributed by atoms with Crippen LogP contribution < -0.4 is 0 Å². The van der Waals surface area contributed by atoms with E-state index in [1.165, 1.54) is 7.11 Å². The van der Waals surface area contributed by atoms with Crippen LogP contribution in [0.4, 0.5) is 4.39 Å². The molecule has 4 atom stereocenters. The zero-order valence-corrected chi connectivity index (χ0v) is 12.1. The van der Waals surface area contributed by atoms with Gasteiger partial charge in [-0.25, -0.2) is 4.39 Å². The minimum Gasteiger partial charge on any atom is -0.354 e. The van der Waals surface area contributed by atoms with Crippen LogP contribution in [0.3, 0.4) is 0 Å². The Bertz CT molecular complexity index is 320. The van der Waals surface area contributed by atoms with Crippen LogP contribution in [0.5, 0.6) is 0 Å². The Labute approximate surface area is 113 Å². The average Bonchev–Trinajstić information content (AvgIpc) is 2.81. The molecule has 0 radical (unpaired) electrons. The molecule has 2 heterocycles. The Morgan fingerprint density at radius 3 is 2.53 bits per heavy atom. The van der Waals surface area contributed by atoms with Crippen LogP contribution in [-0.2, 0) is 23.7 Å². The summed E-state index contributed by atoms with van der Waals surface area (Å²) in [6.45, 7) is 7.46. The third kappa shape index (κ3) is 3.64. The van der Waals surface area contributed by atoms with Gasteiger partial charge in [0.15, 0.2) is 17.9 Å². The highest BCUT2D eigenvalue weighted by Crippen LogP contribution is 2.34. The molecule has 112 valence electrons. The molecule has 0 aromatic heterocycles. The molecular formula is C13H23FO5. The van der Waals surface area contributed by atoms with Gasteiger partial charge >= 0.3 is 0 Å². The molecule has 2 fully saturated rings. The summed E-state index contributed by atoms with van der Waals surface area (Å²) in [5, 5.41) is 0. The van der Waals surface area contributed by atoms with Crippen LogP contribution in [0.25, 0.3) is 0 Å². The van der Waals surface area contributed by atoms with Gasteiger partial charge in [-0.05, 0) is 27.7 Å². The molecular weight excluding hydrogens is 255 g/mol. The SMILES string of the molecule is COC(C)(C)O[C@@H]1C[C@@H](F)C([C@@H]2COC(C)(C)O2)O1. The van der Waals surface area contributed by atoms with Crippen LogP contribution in [0, 0.1) is 0 Å². The fourth-order valence-corrected chi connectivity index (χ4v) is 2.27. The second-order valence-corrected chi connectivity index (χ2v) is 5.87. The van der Waals surface area contributed by atoms with Crippen molar-refractivity contribution in [1.82, 2.24) is 0 Å². The average molecular weight is 278 g/mol. The van der Waals surface area contributed by atoms with Crippen molar-refractivity contribution in [3.05, 3.63) is 0 Å². The molecule has 0 aliphatic carbocycles. The van der Waals surface area contributed by atoms with Gasteiger partial charge in [0.1, 0.15) is 18.4 Å². The largest absolute Gasteiger partial charge is 0.354 e. The maximum absolute atomic E-state index is 14.0. The Morgan fingerprint density at radius 1 is 1.32 bits per heavy atom. The Hall–Kier alpha value is -0.270. The summed E-state index contributed by atoms with van der Waals surface area (Å²) in [6, 6.07) is 0. The Kier molecular flexibility index (Phi) is 4.18. The summed E-state index contributed by atoms with van der Waals surface area (Å²) in [6.07, 6.45) is -2.62. The smallest absolute Gasteiger partial charge is 0.165 e. The summed E-state index contributed by atoms with van der Waals surface area (Å²) in [5.74, 6) is -1.48. The molecule has 2 saturated heterocycles. The maximum Gasteiger partial charge on any atom is 0.165 e. The van der Waals surface area contributed by atoms with Crippen LogP contribution in [0.15, 0.2) is 0 Å². The molecule has 0 amide bonds. The highest BCUT2D eigenvalue weighted by molar-refractivity contribution is 4.89. The monoisotopic (exact) mass is 278 g/mol. The van der Waals surface area contributed by atoms with E-state index in [-0.39, 0.29) is 6.42 Å². The lowest BCUT2D eigenvalue weighted by molar-refractivity contribution is -0.284. The van der Waals surface area contributed by atoms with E-state index in [2.05, 4.69) is 0 Å². The summed E-state index contributed by atoms with van der Waals surface area (Å²) in [7, 11) is 1.54. The first-order valence-electron chi connectivity index (χ1n) is 6.57. The first-order valence-corrected chi connectivity index (χ1v) is 6.57. The quantitative estimate of drug-likeness (QED) is 0.736. The summed E-state index contributed by atoms with van der Waals surface area (Å²) in [5.41, 5.74) is 0. The second kappa shape index (κ2) is 5.26. The van der Waals surface area contributed by atoms with Gasteiger partial charge in [0.2, 0.25) is 0 Å².